The average molecular weight is 167 g/mol. The molecule has 0 unspecified atom stereocenters. The van der Waals surface area contributed by atoms with Gasteiger partial charge in [0.2, 0.25) is 0 Å². The van der Waals surface area contributed by atoms with Crippen LogP contribution in [0.15, 0.2) is 16.4 Å². The predicted octanol–water partition coefficient (Wildman–Crippen LogP) is 2.42. The van der Waals surface area contributed by atoms with E-state index in [-0.39, 0.29) is 11.2 Å². The zero-order chi connectivity index (χ0) is 9.35. The molecule has 0 aromatic carbocycles. The second-order valence-corrected chi connectivity index (χ2v) is 3.88. The minimum atomic E-state index is -0.307. The average Bonchev–Trinajstić information content (AvgIpc) is 2.01. The lowest BCUT2D eigenvalue weighted by Crippen LogP contribution is -2.29. The molecule has 1 aliphatic carbocycles. The van der Waals surface area contributed by atoms with E-state index in [0.29, 0.717) is 17.7 Å². The minimum Gasteiger partial charge on any atom is -0.294 e. The summed E-state index contributed by atoms with van der Waals surface area (Å²) in [6, 6.07) is 0. The third kappa shape index (κ3) is 1.31. The van der Waals surface area contributed by atoms with Gasteiger partial charge < -0.3 is 0 Å². The second-order valence-electron chi connectivity index (χ2n) is 3.88. The van der Waals surface area contributed by atoms with Crippen LogP contribution in [0.3, 0.4) is 0 Å². The highest BCUT2D eigenvalue weighted by atomic mass is 16.3. The maximum Gasteiger partial charge on any atom is 0.166 e. The number of nitroso groups, excluding NO2 is 1. The summed E-state index contributed by atoms with van der Waals surface area (Å²) in [6.07, 6.45) is 1.36. The molecule has 3 nitrogen and oxygen atoms in total. The molecule has 1 rings (SSSR count). The van der Waals surface area contributed by atoms with Crippen LogP contribution in [-0.4, -0.2) is 5.78 Å². The van der Waals surface area contributed by atoms with Crippen molar-refractivity contribution in [3.63, 3.8) is 0 Å². The fourth-order valence-electron chi connectivity index (χ4n) is 1.48. The van der Waals surface area contributed by atoms with Crippen LogP contribution in [0.4, 0.5) is 0 Å². The van der Waals surface area contributed by atoms with E-state index in [1.54, 1.807) is 6.92 Å². The van der Waals surface area contributed by atoms with Gasteiger partial charge >= 0.3 is 0 Å². The van der Waals surface area contributed by atoms with Crippen molar-refractivity contribution in [1.82, 2.24) is 0 Å². The van der Waals surface area contributed by atoms with E-state index in [4.69, 9.17) is 0 Å². The number of carbonyl (C=O) groups excluding carboxylic acids is 1. The van der Waals surface area contributed by atoms with Crippen LogP contribution in [0, 0.1) is 10.3 Å². The number of nitrogens with zero attached hydrogens (tertiary/aromatic N) is 1. The van der Waals surface area contributed by atoms with Crippen molar-refractivity contribution < 1.29 is 4.79 Å². The van der Waals surface area contributed by atoms with Crippen molar-refractivity contribution in [2.24, 2.45) is 10.6 Å². The van der Waals surface area contributed by atoms with Crippen molar-refractivity contribution in [2.75, 3.05) is 0 Å². The summed E-state index contributed by atoms with van der Waals surface area (Å²) < 4.78 is 0. The van der Waals surface area contributed by atoms with E-state index in [1.807, 2.05) is 13.8 Å². The van der Waals surface area contributed by atoms with E-state index in [9.17, 15) is 9.70 Å². The first kappa shape index (κ1) is 9.10. The normalized spacial score (nSPS) is 22.8. The Morgan fingerprint density at radius 1 is 1.42 bits per heavy atom. The zero-order valence-electron chi connectivity index (χ0n) is 7.68. The lowest BCUT2D eigenvalue weighted by molar-refractivity contribution is -0.124. The number of Topliss-reactive ketones (excluding diaryl/α,β-unsaturated/α-hetero) is 1. The van der Waals surface area contributed by atoms with Crippen molar-refractivity contribution >= 4 is 5.78 Å². The SMILES string of the molecule is CC1=C(N=O)CCC(C)(C)C1=O. The molecule has 0 bridgehead atoms. The molecular formula is C9H13NO2. The molecule has 1 aliphatic rings. The summed E-state index contributed by atoms with van der Waals surface area (Å²) >= 11 is 0. The fraction of sp³-hybridized carbons (Fsp3) is 0.667. The Morgan fingerprint density at radius 3 is 2.50 bits per heavy atom. The van der Waals surface area contributed by atoms with Crippen LogP contribution in [0.2, 0.25) is 0 Å². The molecule has 0 fully saturated rings. The molecule has 0 saturated heterocycles. The largest absolute Gasteiger partial charge is 0.294 e. The Bertz CT molecular complexity index is 264. The highest BCUT2D eigenvalue weighted by Gasteiger charge is 2.34. The first-order chi connectivity index (χ1) is 5.49. The topological polar surface area (TPSA) is 46.5 Å². The first-order valence-corrected chi connectivity index (χ1v) is 4.07. The molecule has 0 aromatic rings. The van der Waals surface area contributed by atoms with Crippen LogP contribution >= 0.6 is 0 Å². The van der Waals surface area contributed by atoms with Gasteiger partial charge in [-0.1, -0.05) is 13.8 Å². The van der Waals surface area contributed by atoms with Crippen molar-refractivity contribution in [1.29, 1.82) is 0 Å². The van der Waals surface area contributed by atoms with Crippen molar-refractivity contribution in [2.45, 2.75) is 33.6 Å². The van der Waals surface area contributed by atoms with Gasteiger partial charge in [-0.25, -0.2) is 0 Å². The first-order valence-electron chi connectivity index (χ1n) is 4.07. The summed E-state index contributed by atoms with van der Waals surface area (Å²) in [6.45, 7) is 5.49. The monoisotopic (exact) mass is 167 g/mol. The van der Waals surface area contributed by atoms with E-state index in [1.165, 1.54) is 0 Å². The standard InChI is InChI=1S/C9H13NO2/c1-6-7(10-12)4-5-9(2,3)8(6)11/h4-5H2,1-3H3. The Morgan fingerprint density at radius 2 is 2.00 bits per heavy atom. The molecule has 66 valence electrons. The molecule has 12 heavy (non-hydrogen) atoms. The van der Waals surface area contributed by atoms with Gasteiger partial charge in [0.1, 0.15) is 0 Å². The van der Waals surface area contributed by atoms with Gasteiger partial charge in [-0.3, -0.25) is 4.79 Å². The van der Waals surface area contributed by atoms with E-state index in [2.05, 4.69) is 5.18 Å². The van der Waals surface area contributed by atoms with Gasteiger partial charge in [0.05, 0.1) is 5.70 Å². The lowest BCUT2D eigenvalue weighted by atomic mass is 9.75. The minimum absolute atomic E-state index is 0.0587. The summed E-state index contributed by atoms with van der Waals surface area (Å²) in [7, 11) is 0. The molecule has 0 atom stereocenters. The molecule has 0 heterocycles. The molecule has 0 aromatic heterocycles. The van der Waals surface area contributed by atoms with Crippen LogP contribution in [-0.2, 0) is 4.79 Å². The molecule has 0 radical (unpaired) electrons. The highest BCUT2D eigenvalue weighted by molar-refractivity contribution is 6.00. The molecule has 3 heteroatoms. The highest BCUT2D eigenvalue weighted by Crippen LogP contribution is 2.35. The van der Waals surface area contributed by atoms with Crippen LogP contribution in [0.1, 0.15) is 33.6 Å². The van der Waals surface area contributed by atoms with Crippen LogP contribution in [0.5, 0.6) is 0 Å². The maximum absolute atomic E-state index is 11.6. The Labute approximate surface area is 71.8 Å². The number of carbonyl (C=O) groups is 1. The van der Waals surface area contributed by atoms with Crippen LogP contribution in [0.25, 0.3) is 0 Å². The second kappa shape index (κ2) is 2.81. The maximum atomic E-state index is 11.6. The summed E-state index contributed by atoms with van der Waals surface area (Å²) in [5.41, 5.74) is 0.665. The van der Waals surface area contributed by atoms with Gasteiger partial charge in [-0.05, 0) is 24.9 Å². The molecule has 0 aliphatic heterocycles. The van der Waals surface area contributed by atoms with Gasteiger partial charge in [0, 0.05) is 11.0 Å². The summed E-state index contributed by atoms with van der Waals surface area (Å²) in [4.78, 5) is 21.8. The van der Waals surface area contributed by atoms with E-state index < -0.39 is 0 Å². The van der Waals surface area contributed by atoms with Crippen molar-refractivity contribution in [3.05, 3.63) is 16.2 Å². The fourth-order valence-corrected chi connectivity index (χ4v) is 1.48. The van der Waals surface area contributed by atoms with Gasteiger partial charge in [0.15, 0.2) is 5.78 Å². The van der Waals surface area contributed by atoms with Crippen molar-refractivity contribution in [3.8, 4) is 0 Å². The molecule has 0 spiro atoms. The Hall–Kier alpha value is -0.990. The van der Waals surface area contributed by atoms with Gasteiger partial charge in [-0.15, -0.1) is 4.91 Å². The number of allylic oxidation sites excluding steroid dienone is 2. The molecule has 0 N–H and O–H groups in total. The number of ketones is 1. The lowest BCUT2D eigenvalue weighted by Gasteiger charge is -2.27. The molecule has 0 saturated carbocycles. The summed E-state index contributed by atoms with van der Waals surface area (Å²) in [5.74, 6) is 0.0587. The smallest absolute Gasteiger partial charge is 0.166 e. The van der Waals surface area contributed by atoms with Gasteiger partial charge in [-0.2, -0.15) is 0 Å². The van der Waals surface area contributed by atoms with Gasteiger partial charge in [0.25, 0.3) is 0 Å². The quantitative estimate of drug-likeness (QED) is 0.563. The number of rotatable bonds is 1. The Balaban J connectivity index is 3.06. The summed E-state index contributed by atoms with van der Waals surface area (Å²) in [5, 5.41) is 2.85. The zero-order valence-corrected chi connectivity index (χ0v) is 7.68. The molecular weight excluding hydrogens is 154 g/mol. The Kier molecular flexibility index (Phi) is 2.13. The number of hydrogen-bond donors (Lipinski definition) is 0. The van der Waals surface area contributed by atoms with E-state index >= 15 is 0 Å². The third-order valence-electron chi connectivity index (χ3n) is 2.49. The number of hydrogen-bond acceptors (Lipinski definition) is 3. The predicted molar refractivity (Wildman–Crippen MR) is 46.5 cm³/mol. The third-order valence-corrected chi connectivity index (χ3v) is 2.49. The molecule has 0 amide bonds. The van der Waals surface area contributed by atoms with Crippen LogP contribution < -0.4 is 0 Å². The van der Waals surface area contributed by atoms with E-state index in [0.717, 1.165) is 6.42 Å².